The summed E-state index contributed by atoms with van der Waals surface area (Å²) in [5, 5.41) is 10.6. The van der Waals surface area contributed by atoms with Crippen LogP contribution in [0.3, 0.4) is 0 Å². The van der Waals surface area contributed by atoms with Crippen LogP contribution in [0.2, 0.25) is 0 Å². The molecule has 1 aliphatic heterocycles. The normalized spacial score (nSPS) is 18.5. The molecule has 3 N–H and O–H groups in total. The molecule has 0 unspecified atom stereocenters. The first-order valence-corrected chi connectivity index (χ1v) is 6.72. The topological polar surface area (TPSA) is 88.6 Å². The molecule has 0 aliphatic carbocycles. The molecule has 2 aromatic rings. The quantitative estimate of drug-likeness (QED) is 0.814. The van der Waals surface area contributed by atoms with Crippen LogP contribution in [0.1, 0.15) is 5.69 Å². The summed E-state index contributed by atoms with van der Waals surface area (Å²) in [6.07, 6.45) is 0. The molecule has 0 fully saturated rings. The third-order valence-electron chi connectivity index (χ3n) is 2.87. The van der Waals surface area contributed by atoms with Crippen LogP contribution in [0, 0.1) is 0 Å². The Bertz CT molecular complexity index is 699. The van der Waals surface area contributed by atoms with Gasteiger partial charge in [-0.3, -0.25) is 4.99 Å². The van der Waals surface area contributed by atoms with E-state index in [0.717, 1.165) is 10.9 Å². The number of pyridine rings is 1. The number of thioether (sulfide) groups is 1. The number of carbonyl (C=O) groups is 1. The monoisotopic (exact) mass is 273 g/mol. The fourth-order valence-electron chi connectivity index (χ4n) is 1.90. The first-order valence-electron chi connectivity index (χ1n) is 5.73. The molecule has 0 saturated heterocycles. The Morgan fingerprint density at radius 2 is 2.21 bits per heavy atom. The maximum Gasteiger partial charge on any atom is 0.329 e. The van der Waals surface area contributed by atoms with Gasteiger partial charge < -0.3 is 10.8 Å². The van der Waals surface area contributed by atoms with Gasteiger partial charge in [-0.2, -0.15) is 0 Å². The van der Waals surface area contributed by atoms with E-state index in [9.17, 15) is 4.79 Å². The van der Waals surface area contributed by atoms with Crippen LogP contribution in [-0.2, 0) is 4.79 Å². The van der Waals surface area contributed by atoms with Crippen molar-refractivity contribution in [3.63, 3.8) is 0 Å². The number of hydrogen-bond donors (Lipinski definition) is 2. The van der Waals surface area contributed by atoms with E-state index in [-0.39, 0.29) is 0 Å². The number of nitrogen functional groups attached to an aromatic ring is 1. The van der Waals surface area contributed by atoms with Crippen molar-refractivity contribution in [1.82, 2.24) is 4.98 Å². The third kappa shape index (κ3) is 2.26. The lowest BCUT2D eigenvalue weighted by molar-refractivity contribution is -0.137. The molecule has 1 aromatic heterocycles. The zero-order valence-electron chi connectivity index (χ0n) is 9.91. The Kier molecular flexibility index (Phi) is 2.87. The molecule has 1 aliphatic rings. The number of aliphatic imine (C=N–C) groups is 1. The number of anilines is 1. The second-order valence-electron chi connectivity index (χ2n) is 4.25. The predicted molar refractivity (Wildman–Crippen MR) is 76.6 cm³/mol. The van der Waals surface area contributed by atoms with E-state index < -0.39 is 12.0 Å². The molecule has 0 bridgehead atoms. The number of rotatable bonds is 2. The van der Waals surface area contributed by atoms with Gasteiger partial charge in [0.05, 0.1) is 11.2 Å². The highest BCUT2D eigenvalue weighted by atomic mass is 32.2. The molecule has 0 saturated carbocycles. The van der Waals surface area contributed by atoms with Crippen molar-refractivity contribution < 1.29 is 9.90 Å². The molecule has 19 heavy (non-hydrogen) atoms. The molecule has 1 aromatic carbocycles. The summed E-state index contributed by atoms with van der Waals surface area (Å²) in [7, 11) is 0. The first kappa shape index (κ1) is 12.0. The molecule has 6 heteroatoms. The van der Waals surface area contributed by atoms with Crippen molar-refractivity contribution >= 4 is 39.4 Å². The van der Waals surface area contributed by atoms with E-state index in [1.165, 1.54) is 11.8 Å². The maximum atomic E-state index is 10.9. The molecule has 0 radical (unpaired) electrons. The zero-order chi connectivity index (χ0) is 13.4. The molecular weight excluding hydrogens is 262 g/mol. The Labute approximate surface area is 113 Å². The molecule has 5 nitrogen and oxygen atoms in total. The van der Waals surface area contributed by atoms with Gasteiger partial charge in [0.2, 0.25) is 0 Å². The van der Waals surface area contributed by atoms with Crippen LogP contribution >= 0.6 is 11.8 Å². The number of carboxylic acid groups (broad SMARTS) is 1. The Balaban J connectivity index is 2.00. The molecule has 96 valence electrons. The number of nitrogens with two attached hydrogens (primary N) is 1. The Morgan fingerprint density at radius 3 is 2.95 bits per heavy atom. The van der Waals surface area contributed by atoms with Crippen LogP contribution in [0.4, 0.5) is 5.69 Å². The molecule has 0 spiro atoms. The second kappa shape index (κ2) is 4.55. The van der Waals surface area contributed by atoms with E-state index >= 15 is 0 Å². The largest absolute Gasteiger partial charge is 0.480 e. The SMILES string of the molecule is Nc1ccc2nc(C3=N[C@@H](C(=O)O)CS3)ccc2c1. The average Bonchev–Trinajstić information content (AvgIpc) is 2.88. The van der Waals surface area contributed by atoms with Crippen LogP contribution < -0.4 is 5.73 Å². The Hall–Kier alpha value is -2.08. The lowest BCUT2D eigenvalue weighted by Crippen LogP contribution is -2.17. The zero-order valence-corrected chi connectivity index (χ0v) is 10.7. The van der Waals surface area contributed by atoms with Gasteiger partial charge in [-0.15, -0.1) is 11.8 Å². The van der Waals surface area contributed by atoms with Gasteiger partial charge in [0.25, 0.3) is 0 Å². The summed E-state index contributed by atoms with van der Waals surface area (Å²) in [6, 6.07) is 8.61. The molecule has 0 amide bonds. The minimum atomic E-state index is -0.893. The Morgan fingerprint density at radius 1 is 1.37 bits per heavy atom. The van der Waals surface area contributed by atoms with Gasteiger partial charge in [0, 0.05) is 16.8 Å². The summed E-state index contributed by atoms with van der Waals surface area (Å²) in [4.78, 5) is 19.5. The highest BCUT2D eigenvalue weighted by molar-refractivity contribution is 8.14. The van der Waals surface area contributed by atoms with Crippen molar-refractivity contribution in [2.75, 3.05) is 11.5 Å². The molecule has 3 rings (SSSR count). The highest BCUT2D eigenvalue weighted by Crippen LogP contribution is 2.24. The van der Waals surface area contributed by atoms with Crippen molar-refractivity contribution in [1.29, 1.82) is 0 Å². The molecule has 2 heterocycles. The summed E-state index contributed by atoms with van der Waals surface area (Å²) >= 11 is 1.43. The predicted octanol–water partition coefficient (Wildman–Crippen LogP) is 1.76. The van der Waals surface area contributed by atoms with Gasteiger partial charge in [-0.25, -0.2) is 9.78 Å². The lowest BCUT2D eigenvalue weighted by Gasteiger charge is -2.02. The maximum absolute atomic E-state index is 10.9. The van der Waals surface area contributed by atoms with Crippen LogP contribution in [0.5, 0.6) is 0 Å². The summed E-state index contributed by atoms with van der Waals surface area (Å²) < 4.78 is 0. The van der Waals surface area contributed by atoms with Gasteiger partial charge in [0.1, 0.15) is 5.04 Å². The van der Waals surface area contributed by atoms with Crippen LogP contribution in [0.25, 0.3) is 10.9 Å². The van der Waals surface area contributed by atoms with Crippen molar-refractivity contribution in [2.24, 2.45) is 4.99 Å². The van der Waals surface area contributed by atoms with E-state index in [1.807, 2.05) is 24.3 Å². The van der Waals surface area contributed by atoms with Gasteiger partial charge in [-0.05, 0) is 24.3 Å². The first-order chi connectivity index (χ1) is 9.13. The number of nitrogens with zero attached hydrogens (tertiary/aromatic N) is 2. The van der Waals surface area contributed by atoms with Gasteiger partial charge >= 0.3 is 5.97 Å². The summed E-state index contributed by atoms with van der Waals surface area (Å²) in [5.41, 5.74) is 7.95. The number of hydrogen-bond acceptors (Lipinski definition) is 5. The fraction of sp³-hybridized carbons (Fsp3) is 0.154. The molecule has 1 atom stereocenters. The van der Waals surface area contributed by atoms with Gasteiger partial charge in [0.15, 0.2) is 6.04 Å². The number of aliphatic carboxylic acids is 1. The highest BCUT2D eigenvalue weighted by Gasteiger charge is 2.25. The van der Waals surface area contributed by atoms with Crippen molar-refractivity contribution in [3.8, 4) is 0 Å². The standard InChI is InChI=1S/C13H11N3O2S/c14-8-2-4-9-7(5-8)1-3-10(15-9)12-16-11(6-19-12)13(17)18/h1-5,11H,6,14H2,(H,17,18)/t11-/m1/s1. The summed E-state index contributed by atoms with van der Waals surface area (Å²) in [6.45, 7) is 0. The number of carboxylic acids is 1. The van der Waals surface area contributed by atoms with E-state index in [4.69, 9.17) is 10.8 Å². The minimum absolute atomic E-state index is 0.464. The van der Waals surface area contributed by atoms with E-state index in [2.05, 4.69) is 9.98 Å². The third-order valence-corrected chi connectivity index (χ3v) is 3.94. The van der Waals surface area contributed by atoms with E-state index in [1.54, 1.807) is 6.07 Å². The van der Waals surface area contributed by atoms with Crippen LogP contribution in [0.15, 0.2) is 35.3 Å². The number of fused-ring (bicyclic) bond motifs is 1. The van der Waals surface area contributed by atoms with Crippen molar-refractivity contribution in [3.05, 3.63) is 36.0 Å². The lowest BCUT2D eigenvalue weighted by atomic mass is 10.2. The van der Waals surface area contributed by atoms with E-state index in [0.29, 0.717) is 22.2 Å². The number of benzene rings is 1. The van der Waals surface area contributed by atoms with Crippen LogP contribution in [-0.4, -0.2) is 32.9 Å². The van der Waals surface area contributed by atoms with Gasteiger partial charge in [-0.1, -0.05) is 6.07 Å². The minimum Gasteiger partial charge on any atom is -0.480 e. The smallest absolute Gasteiger partial charge is 0.329 e. The molecular formula is C13H11N3O2S. The number of aromatic nitrogens is 1. The fourth-order valence-corrected chi connectivity index (χ4v) is 2.90. The van der Waals surface area contributed by atoms with Crippen molar-refractivity contribution in [2.45, 2.75) is 6.04 Å². The second-order valence-corrected chi connectivity index (χ2v) is 5.26. The summed E-state index contributed by atoms with van der Waals surface area (Å²) in [5.74, 6) is -0.428. The average molecular weight is 273 g/mol.